The first-order valence-electron chi connectivity index (χ1n) is 30.7. The van der Waals surface area contributed by atoms with Crippen LogP contribution in [-0.4, -0.2) is 37.9 Å². The first-order valence-corrected chi connectivity index (χ1v) is 30.7. The number of unbranched alkanes of at least 4 members (excludes halogenated alkanes) is 22. The molecule has 0 radical (unpaired) electrons. The van der Waals surface area contributed by atoms with Gasteiger partial charge in [-0.2, -0.15) is 0 Å². The second-order valence-corrected chi connectivity index (χ2v) is 19.8. The van der Waals surface area contributed by atoms with E-state index < -0.39 is 6.10 Å². The standard InChI is InChI=1S/C69H114O5/c1-4-7-10-13-16-19-22-25-28-31-34-37-40-43-46-49-52-55-58-61-64-72-65-67(74-69(71)63-60-57-54-51-48-45-42-39-36-33-30-27-24-21-18-15-12-9-6-3)66-73-68(70)62-59-56-53-50-47-44-41-38-35-32-29-26-23-20-17-14-11-8-5-2/h8-9,11-12,17-18,20-21,25-30,35-36,38-39,44-45,47-48,67H,4-7,10,13-16,19,22-24,31-34,37,40-43,46,49-66H2,1-3H3/b11-8-,12-9-,20-17-,21-18-,28-25-,29-26-,30-27-,38-35-,39-36-,47-44-,48-45-. The summed E-state index contributed by atoms with van der Waals surface area (Å²) in [5.41, 5.74) is 0. The van der Waals surface area contributed by atoms with Crippen molar-refractivity contribution in [2.45, 2.75) is 271 Å². The van der Waals surface area contributed by atoms with Crippen molar-refractivity contribution in [3.05, 3.63) is 134 Å². The molecule has 5 heteroatoms. The zero-order valence-corrected chi connectivity index (χ0v) is 48.3. The molecule has 0 aromatic carbocycles. The minimum atomic E-state index is -0.579. The van der Waals surface area contributed by atoms with Crippen molar-refractivity contribution >= 4 is 11.9 Å². The van der Waals surface area contributed by atoms with E-state index in [1.54, 1.807) is 0 Å². The van der Waals surface area contributed by atoms with Crippen molar-refractivity contribution in [3.8, 4) is 0 Å². The van der Waals surface area contributed by atoms with Gasteiger partial charge in [0.05, 0.1) is 6.61 Å². The van der Waals surface area contributed by atoms with Gasteiger partial charge in [0.1, 0.15) is 6.61 Å². The van der Waals surface area contributed by atoms with Crippen LogP contribution in [0.2, 0.25) is 0 Å². The summed E-state index contributed by atoms with van der Waals surface area (Å²) in [5.74, 6) is -0.475. The van der Waals surface area contributed by atoms with Crippen molar-refractivity contribution in [1.29, 1.82) is 0 Å². The third-order valence-corrected chi connectivity index (χ3v) is 12.7. The summed E-state index contributed by atoms with van der Waals surface area (Å²) in [4.78, 5) is 25.6. The molecule has 0 bridgehead atoms. The van der Waals surface area contributed by atoms with Crippen LogP contribution in [0.5, 0.6) is 0 Å². The van der Waals surface area contributed by atoms with Crippen molar-refractivity contribution < 1.29 is 23.8 Å². The van der Waals surface area contributed by atoms with Crippen LogP contribution in [0.15, 0.2) is 134 Å². The molecule has 0 aromatic heterocycles. The van der Waals surface area contributed by atoms with Crippen LogP contribution < -0.4 is 0 Å². The molecule has 0 rings (SSSR count). The minimum Gasteiger partial charge on any atom is -0.462 e. The minimum absolute atomic E-state index is 0.0463. The molecule has 0 saturated carbocycles. The zero-order valence-electron chi connectivity index (χ0n) is 48.3. The van der Waals surface area contributed by atoms with Gasteiger partial charge in [0.15, 0.2) is 6.10 Å². The molecule has 1 unspecified atom stereocenters. The van der Waals surface area contributed by atoms with Crippen LogP contribution in [0.4, 0.5) is 0 Å². The molecule has 420 valence electrons. The Morgan fingerprint density at radius 1 is 0.311 bits per heavy atom. The Balaban J connectivity index is 4.43. The van der Waals surface area contributed by atoms with Gasteiger partial charge in [-0.05, 0) is 135 Å². The molecule has 0 aliphatic rings. The van der Waals surface area contributed by atoms with Crippen LogP contribution in [-0.2, 0) is 23.8 Å². The van der Waals surface area contributed by atoms with E-state index in [0.717, 1.165) is 128 Å². The fourth-order valence-electron chi connectivity index (χ4n) is 8.15. The Morgan fingerprint density at radius 3 is 0.986 bits per heavy atom. The predicted octanol–water partition coefficient (Wildman–Crippen LogP) is 21.5. The van der Waals surface area contributed by atoms with E-state index in [0.29, 0.717) is 19.4 Å². The van der Waals surface area contributed by atoms with Gasteiger partial charge >= 0.3 is 11.9 Å². The fraction of sp³-hybridized carbons (Fsp3) is 0.652. The summed E-state index contributed by atoms with van der Waals surface area (Å²) < 4.78 is 17.5. The van der Waals surface area contributed by atoms with Gasteiger partial charge in [0.2, 0.25) is 0 Å². The Morgan fingerprint density at radius 2 is 0.608 bits per heavy atom. The lowest BCUT2D eigenvalue weighted by Gasteiger charge is -2.18. The lowest BCUT2D eigenvalue weighted by Crippen LogP contribution is -2.30. The normalized spacial score (nSPS) is 13.2. The maximum absolute atomic E-state index is 12.9. The number of hydrogen-bond acceptors (Lipinski definition) is 5. The van der Waals surface area contributed by atoms with E-state index in [-0.39, 0.29) is 25.2 Å². The Hall–Kier alpha value is -3.96. The van der Waals surface area contributed by atoms with Gasteiger partial charge in [-0.1, -0.05) is 251 Å². The smallest absolute Gasteiger partial charge is 0.306 e. The third-order valence-electron chi connectivity index (χ3n) is 12.7. The second kappa shape index (κ2) is 63.3. The third kappa shape index (κ3) is 60.6. The molecule has 1 atom stereocenters. The summed E-state index contributed by atoms with van der Waals surface area (Å²) in [6.07, 6.45) is 90.5. The number of allylic oxidation sites excluding steroid dienone is 22. The molecule has 0 N–H and O–H groups in total. The Bertz CT molecular complexity index is 1530. The molecule has 74 heavy (non-hydrogen) atoms. The van der Waals surface area contributed by atoms with E-state index in [9.17, 15) is 9.59 Å². The summed E-state index contributed by atoms with van der Waals surface area (Å²) in [7, 11) is 0. The summed E-state index contributed by atoms with van der Waals surface area (Å²) >= 11 is 0. The highest BCUT2D eigenvalue weighted by Gasteiger charge is 2.17. The lowest BCUT2D eigenvalue weighted by molar-refractivity contribution is -0.163. The maximum Gasteiger partial charge on any atom is 0.306 e. The first kappa shape index (κ1) is 70.0. The highest BCUT2D eigenvalue weighted by molar-refractivity contribution is 5.70. The average molecular weight is 1020 g/mol. The van der Waals surface area contributed by atoms with Crippen LogP contribution in [0, 0.1) is 0 Å². The highest BCUT2D eigenvalue weighted by atomic mass is 16.6. The van der Waals surface area contributed by atoms with Crippen LogP contribution in [0.3, 0.4) is 0 Å². The summed E-state index contributed by atoms with van der Waals surface area (Å²) in [5, 5.41) is 0. The number of hydrogen-bond donors (Lipinski definition) is 0. The molecule has 0 aliphatic heterocycles. The van der Waals surface area contributed by atoms with Gasteiger partial charge in [0, 0.05) is 19.4 Å². The largest absolute Gasteiger partial charge is 0.462 e. The topological polar surface area (TPSA) is 61.8 Å². The monoisotopic (exact) mass is 1020 g/mol. The molecular formula is C69H114O5. The quantitative estimate of drug-likeness (QED) is 0.0345. The number of ether oxygens (including phenoxy) is 3. The predicted molar refractivity (Wildman–Crippen MR) is 325 cm³/mol. The van der Waals surface area contributed by atoms with Crippen LogP contribution >= 0.6 is 0 Å². The molecule has 0 aliphatic carbocycles. The summed E-state index contributed by atoms with van der Waals surface area (Å²) in [6, 6.07) is 0. The molecule has 0 saturated heterocycles. The molecular weight excluding hydrogens is 909 g/mol. The highest BCUT2D eigenvalue weighted by Crippen LogP contribution is 2.14. The number of rotatable bonds is 55. The Labute approximate surface area is 458 Å². The maximum atomic E-state index is 12.9. The van der Waals surface area contributed by atoms with Crippen LogP contribution in [0.25, 0.3) is 0 Å². The fourth-order valence-corrected chi connectivity index (χ4v) is 8.15. The zero-order chi connectivity index (χ0) is 53.4. The van der Waals surface area contributed by atoms with Crippen molar-refractivity contribution in [3.63, 3.8) is 0 Å². The molecule has 0 fully saturated rings. The van der Waals surface area contributed by atoms with Crippen molar-refractivity contribution in [2.75, 3.05) is 19.8 Å². The number of esters is 2. The van der Waals surface area contributed by atoms with Gasteiger partial charge < -0.3 is 14.2 Å². The average Bonchev–Trinajstić information content (AvgIpc) is 3.40. The molecule has 0 aromatic rings. The van der Waals surface area contributed by atoms with Gasteiger partial charge in [0.25, 0.3) is 0 Å². The van der Waals surface area contributed by atoms with E-state index in [1.165, 1.54) is 103 Å². The van der Waals surface area contributed by atoms with E-state index in [2.05, 4.69) is 154 Å². The van der Waals surface area contributed by atoms with Gasteiger partial charge in [-0.15, -0.1) is 0 Å². The van der Waals surface area contributed by atoms with Crippen molar-refractivity contribution in [1.82, 2.24) is 0 Å². The van der Waals surface area contributed by atoms with Crippen molar-refractivity contribution in [2.24, 2.45) is 0 Å². The number of carbonyl (C=O) groups is 2. The Kier molecular flexibility index (Phi) is 59.9. The van der Waals surface area contributed by atoms with Gasteiger partial charge in [-0.25, -0.2) is 0 Å². The molecule has 0 heterocycles. The van der Waals surface area contributed by atoms with Gasteiger partial charge in [-0.3, -0.25) is 9.59 Å². The summed E-state index contributed by atoms with van der Waals surface area (Å²) in [6.45, 7) is 7.53. The molecule has 0 spiro atoms. The number of carbonyl (C=O) groups excluding carboxylic acids is 2. The van der Waals surface area contributed by atoms with E-state index in [4.69, 9.17) is 14.2 Å². The SMILES string of the molecule is CC/C=C\C/C=C\C/C=C\C/C=C\C/C=C\CCCCCC(=O)OCC(COCCCCCCCCCCCC/C=C\CCCCCCCC)OC(=O)CCCCC/C=C\C/C=C\C/C=C\C/C=C\C/C=C\CC. The lowest BCUT2D eigenvalue weighted by atomic mass is 10.1. The van der Waals surface area contributed by atoms with E-state index >= 15 is 0 Å². The van der Waals surface area contributed by atoms with E-state index in [1.807, 2.05) is 0 Å². The molecule has 5 nitrogen and oxygen atoms in total. The van der Waals surface area contributed by atoms with Crippen LogP contribution in [0.1, 0.15) is 265 Å². The second-order valence-electron chi connectivity index (χ2n) is 19.8. The molecule has 0 amide bonds. The first-order chi connectivity index (χ1) is 36.6.